The van der Waals surface area contributed by atoms with Crippen LogP contribution in [-0.4, -0.2) is 26.0 Å². The van der Waals surface area contributed by atoms with Crippen LogP contribution in [-0.2, 0) is 14.3 Å². The van der Waals surface area contributed by atoms with E-state index in [1.54, 1.807) is 7.11 Å². The highest BCUT2D eigenvalue weighted by Gasteiger charge is 2.49. The van der Waals surface area contributed by atoms with Crippen LogP contribution in [0, 0.1) is 24.7 Å². The molecule has 0 radical (unpaired) electrons. The zero-order valence-corrected chi connectivity index (χ0v) is 24.7. The van der Waals surface area contributed by atoms with E-state index in [0.717, 1.165) is 44.8 Å². The van der Waals surface area contributed by atoms with Gasteiger partial charge in [-0.15, -0.1) is 0 Å². The van der Waals surface area contributed by atoms with Gasteiger partial charge in [0.2, 0.25) is 0 Å². The molecule has 0 aromatic heterocycles. The number of anilines is 1. The maximum atomic E-state index is 13.8. The fraction of sp³-hybridized carbons (Fsp3) is 0.314. The van der Waals surface area contributed by atoms with E-state index in [2.05, 4.69) is 29.6 Å². The first-order chi connectivity index (χ1) is 18.9. The summed E-state index contributed by atoms with van der Waals surface area (Å²) in [7, 11) is 3.04. The van der Waals surface area contributed by atoms with Crippen molar-refractivity contribution >= 4 is 23.0 Å². The number of rotatable bonds is 9. The van der Waals surface area contributed by atoms with Crippen molar-refractivity contribution in [2.75, 3.05) is 19.5 Å². The van der Waals surface area contributed by atoms with Gasteiger partial charge in [-0.1, -0.05) is 65.7 Å². The molecule has 40 heavy (non-hydrogen) atoms. The van der Waals surface area contributed by atoms with Crippen molar-refractivity contribution in [3.63, 3.8) is 0 Å². The highest BCUT2D eigenvalue weighted by atomic mass is 16.5. The average molecular weight is 538 g/mol. The van der Waals surface area contributed by atoms with Gasteiger partial charge in [0.1, 0.15) is 5.75 Å². The highest BCUT2D eigenvalue weighted by molar-refractivity contribution is 6.12. The van der Waals surface area contributed by atoms with Gasteiger partial charge in [-0.05, 0) is 88.1 Å². The Bertz CT molecular complexity index is 1460. The van der Waals surface area contributed by atoms with Crippen LogP contribution >= 0.6 is 0 Å². The zero-order valence-electron chi connectivity index (χ0n) is 24.7. The standard InChI is InChI=1S/C35H39NO4/c1-22-9-13-24(14-10-22)28(35(5,6)33(38)40-8)21-29-30(32(37)34(29,3)4)31(25-15-11-23(2)12-16-25)36-26-17-19-27(39-7)20-18-26/h9-21,31,36H,1-8H3/b28-21-. The summed E-state index contributed by atoms with van der Waals surface area (Å²) < 4.78 is 10.5. The first-order valence-corrected chi connectivity index (χ1v) is 13.5. The summed E-state index contributed by atoms with van der Waals surface area (Å²) in [4.78, 5) is 26.9. The molecule has 1 atom stereocenters. The molecule has 3 aromatic carbocycles. The molecule has 0 amide bonds. The van der Waals surface area contributed by atoms with Gasteiger partial charge in [0, 0.05) is 11.3 Å². The summed E-state index contributed by atoms with van der Waals surface area (Å²) in [5.41, 5.74) is 5.76. The third-order valence-electron chi connectivity index (χ3n) is 7.90. The molecule has 1 N–H and O–H groups in total. The normalized spacial score (nSPS) is 15.8. The van der Waals surface area contributed by atoms with Gasteiger partial charge in [0.15, 0.2) is 5.78 Å². The number of carbonyl (C=O) groups is 2. The number of methoxy groups -OCH3 is 2. The molecule has 0 aliphatic heterocycles. The molecule has 0 fully saturated rings. The molecular weight excluding hydrogens is 498 g/mol. The predicted molar refractivity (Wildman–Crippen MR) is 161 cm³/mol. The van der Waals surface area contributed by atoms with Crippen LogP contribution in [0.4, 0.5) is 5.69 Å². The smallest absolute Gasteiger partial charge is 0.315 e. The summed E-state index contributed by atoms with van der Waals surface area (Å²) in [6, 6.07) is 23.6. The molecule has 1 unspecified atom stereocenters. The summed E-state index contributed by atoms with van der Waals surface area (Å²) in [5, 5.41) is 3.60. The number of Topliss-reactive ketones (excluding diaryl/α,β-unsaturated/α-hetero) is 1. The summed E-state index contributed by atoms with van der Waals surface area (Å²) >= 11 is 0. The highest BCUT2D eigenvalue weighted by Crippen LogP contribution is 2.51. The Labute approximate surface area is 237 Å². The number of allylic oxidation sites excluding steroid dienone is 2. The van der Waals surface area contributed by atoms with E-state index in [1.807, 2.05) is 96.1 Å². The molecular formula is C35H39NO4. The Hall–Kier alpha value is -4.12. The minimum absolute atomic E-state index is 0.0736. The van der Waals surface area contributed by atoms with Crippen molar-refractivity contribution in [2.45, 2.75) is 47.6 Å². The summed E-state index contributed by atoms with van der Waals surface area (Å²) in [6.07, 6.45) is 2.04. The van der Waals surface area contributed by atoms with E-state index in [-0.39, 0.29) is 17.8 Å². The molecule has 0 spiro atoms. The SMILES string of the molecule is COC(=O)C(C)(C)/C(=C\C1=C(C(Nc2ccc(OC)cc2)c2ccc(C)cc2)C(=O)C1(C)C)c1ccc(C)cc1. The van der Waals surface area contributed by atoms with Gasteiger partial charge in [-0.2, -0.15) is 0 Å². The van der Waals surface area contributed by atoms with E-state index >= 15 is 0 Å². The van der Waals surface area contributed by atoms with Crippen molar-refractivity contribution < 1.29 is 19.1 Å². The second-order valence-electron chi connectivity index (χ2n) is 11.5. The van der Waals surface area contributed by atoms with Crippen LogP contribution in [0.25, 0.3) is 5.57 Å². The van der Waals surface area contributed by atoms with Crippen LogP contribution in [0.3, 0.4) is 0 Å². The number of carbonyl (C=O) groups excluding carboxylic acids is 2. The van der Waals surface area contributed by atoms with Crippen molar-refractivity contribution in [3.05, 3.63) is 112 Å². The van der Waals surface area contributed by atoms with Crippen LogP contribution in [0.15, 0.2) is 90.0 Å². The number of esters is 1. The third-order valence-corrected chi connectivity index (χ3v) is 7.90. The van der Waals surface area contributed by atoms with Crippen LogP contribution < -0.4 is 10.1 Å². The topological polar surface area (TPSA) is 64.6 Å². The molecule has 0 bridgehead atoms. The monoisotopic (exact) mass is 537 g/mol. The van der Waals surface area contributed by atoms with E-state index in [1.165, 1.54) is 7.11 Å². The molecule has 0 saturated carbocycles. The maximum Gasteiger partial charge on any atom is 0.315 e. The number of hydrogen-bond donors (Lipinski definition) is 1. The molecule has 208 valence electrons. The minimum atomic E-state index is -0.945. The first-order valence-electron chi connectivity index (χ1n) is 13.5. The lowest BCUT2D eigenvalue weighted by molar-refractivity contribution is -0.147. The van der Waals surface area contributed by atoms with Gasteiger partial charge in [0.25, 0.3) is 0 Å². The summed E-state index contributed by atoms with van der Waals surface area (Å²) in [6.45, 7) is 11.7. The lowest BCUT2D eigenvalue weighted by Crippen LogP contribution is -2.43. The second-order valence-corrected chi connectivity index (χ2v) is 11.5. The Balaban J connectivity index is 1.94. The lowest BCUT2D eigenvalue weighted by atomic mass is 9.61. The Morgan fingerprint density at radius 2 is 1.43 bits per heavy atom. The molecule has 1 aliphatic rings. The predicted octanol–water partition coefficient (Wildman–Crippen LogP) is 7.65. The molecule has 5 heteroatoms. The number of ketones is 1. The van der Waals surface area contributed by atoms with Crippen LogP contribution in [0.5, 0.6) is 5.75 Å². The van der Waals surface area contributed by atoms with Gasteiger partial charge in [-0.25, -0.2) is 0 Å². The molecule has 3 aromatic rings. The average Bonchev–Trinajstić information content (AvgIpc) is 2.95. The van der Waals surface area contributed by atoms with Crippen molar-refractivity contribution in [1.29, 1.82) is 0 Å². The van der Waals surface area contributed by atoms with E-state index in [0.29, 0.717) is 5.57 Å². The van der Waals surface area contributed by atoms with Gasteiger partial charge >= 0.3 is 5.97 Å². The number of hydrogen-bond acceptors (Lipinski definition) is 5. The first kappa shape index (κ1) is 28.9. The van der Waals surface area contributed by atoms with Gasteiger partial charge < -0.3 is 14.8 Å². The van der Waals surface area contributed by atoms with Crippen LogP contribution in [0.1, 0.15) is 56.0 Å². The Morgan fingerprint density at radius 1 is 0.875 bits per heavy atom. The van der Waals surface area contributed by atoms with Gasteiger partial charge in [-0.3, -0.25) is 9.59 Å². The maximum absolute atomic E-state index is 13.8. The molecule has 4 rings (SSSR count). The van der Waals surface area contributed by atoms with E-state index < -0.39 is 10.8 Å². The number of benzene rings is 3. The quantitative estimate of drug-likeness (QED) is 0.284. The molecule has 0 saturated heterocycles. The minimum Gasteiger partial charge on any atom is -0.497 e. The second kappa shape index (κ2) is 11.2. The van der Waals surface area contributed by atoms with Crippen molar-refractivity contribution in [2.24, 2.45) is 10.8 Å². The van der Waals surface area contributed by atoms with E-state index in [4.69, 9.17) is 9.47 Å². The van der Waals surface area contributed by atoms with Crippen LogP contribution in [0.2, 0.25) is 0 Å². The van der Waals surface area contributed by atoms with Crippen molar-refractivity contribution in [1.82, 2.24) is 0 Å². The number of nitrogens with one attached hydrogen (secondary N) is 1. The third kappa shape index (κ3) is 5.46. The molecule has 0 heterocycles. The van der Waals surface area contributed by atoms with Gasteiger partial charge in [0.05, 0.1) is 31.1 Å². The van der Waals surface area contributed by atoms with Crippen molar-refractivity contribution in [3.8, 4) is 5.75 Å². The zero-order chi connectivity index (χ0) is 29.2. The van der Waals surface area contributed by atoms with E-state index in [9.17, 15) is 9.59 Å². The fourth-order valence-electron chi connectivity index (χ4n) is 5.20. The fourth-order valence-corrected chi connectivity index (χ4v) is 5.20. The lowest BCUT2D eigenvalue weighted by Gasteiger charge is -2.42. The molecule has 1 aliphatic carbocycles. The number of ether oxygens (including phenoxy) is 2. The molecule has 5 nitrogen and oxygen atoms in total. The Kier molecular flexibility index (Phi) is 8.06. The largest absolute Gasteiger partial charge is 0.497 e. The number of aryl methyl sites for hydroxylation is 2. The summed E-state index contributed by atoms with van der Waals surface area (Å²) in [5.74, 6) is 0.495. The Morgan fingerprint density at radius 3 is 1.95 bits per heavy atom.